The number of nitrogens with one attached hydrogen (secondary N) is 1. The Morgan fingerprint density at radius 2 is 2.08 bits per heavy atom. The van der Waals surface area contributed by atoms with Crippen molar-refractivity contribution in [3.8, 4) is 17.2 Å². The minimum absolute atomic E-state index is 0.194. The molecule has 5 nitrogen and oxygen atoms in total. The Bertz CT molecular complexity index is 804. The molecule has 1 heterocycles. The highest BCUT2D eigenvalue weighted by Gasteiger charge is 2.32. The van der Waals surface area contributed by atoms with E-state index in [1.54, 1.807) is 6.07 Å². The van der Waals surface area contributed by atoms with Crippen molar-refractivity contribution in [2.45, 2.75) is 25.9 Å². The largest absolute Gasteiger partial charge is 0.494 e. The zero-order valence-electron chi connectivity index (χ0n) is 14.4. The highest BCUT2D eigenvalue weighted by atomic mass is 19.1. The molecule has 0 aromatic heterocycles. The number of rotatable bonds is 5. The van der Waals surface area contributed by atoms with Crippen molar-refractivity contribution in [3.63, 3.8) is 0 Å². The number of fused-ring (bicyclic) bond motifs is 1. The van der Waals surface area contributed by atoms with E-state index in [0.717, 1.165) is 12.0 Å². The quantitative estimate of drug-likeness (QED) is 0.900. The third-order valence-corrected chi connectivity index (χ3v) is 3.85. The second-order valence-corrected chi connectivity index (χ2v) is 6.46. The van der Waals surface area contributed by atoms with E-state index in [0.29, 0.717) is 17.2 Å². The highest BCUT2D eigenvalue weighted by molar-refractivity contribution is 5.93. The van der Waals surface area contributed by atoms with Gasteiger partial charge in [0.15, 0.2) is 18.1 Å². The fourth-order valence-electron chi connectivity index (χ4n) is 2.80. The molecule has 25 heavy (non-hydrogen) atoms. The Kier molecular flexibility index (Phi) is 4.53. The van der Waals surface area contributed by atoms with Crippen LogP contribution in [0.3, 0.4) is 0 Å². The number of carbonyl (C=O) groups is 1. The van der Waals surface area contributed by atoms with E-state index < -0.39 is 5.82 Å². The molecule has 3 rings (SSSR count). The summed E-state index contributed by atoms with van der Waals surface area (Å²) in [5.41, 5.74) is 1.15. The molecule has 0 aliphatic carbocycles. The molecule has 6 heteroatoms. The Morgan fingerprint density at radius 3 is 2.84 bits per heavy atom. The summed E-state index contributed by atoms with van der Waals surface area (Å²) in [6.45, 7) is 3.81. The van der Waals surface area contributed by atoms with E-state index in [1.165, 1.54) is 25.3 Å². The lowest BCUT2D eigenvalue weighted by Gasteiger charge is -2.18. The molecule has 0 atom stereocenters. The summed E-state index contributed by atoms with van der Waals surface area (Å²) in [7, 11) is 1.41. The molecule has 0 bridgehead atoms. The molecule has 2 aromatic rings. The number of amides is 1. The maximum Gasteiger partial charge on any atom is 0.262 e. The van der Waals surface area contributed by atoms with Gasteiger partial charge in [-0.2, -0.15) is 0 Å². The minimum Gasteiger partial charge on any atom is -0.494 e. The van der Waals surface area contributed by atoms with Gasteiger partial charge in [0.05, 0.1) is 12.8 Å². The van der Waals surface area contributed by atoms with Gasteiger partial charge in [0.2, 0.25) is 0 Å². The fourth-order valence-corrected chi connectivity index (χ4v) is 2.80. The fraction of sp³-hybridized carbons (Fsp3) is 0.316. The number of ether oxygens (including phenoxy) is 3. The summed E-state index contributed by atoms with van der Waals surface area (Å²) in [4.78, 5) is 12.1. The highest BCUT2D eigenvalue weighted by Crippen LogP contribution is 2.41. The molecule has 0 fully saturated rings. The maximum atomic E-state index is 13.2. The zero-order chi connectivity index (χ0) is 18.0. The molecule has 0 unspecified atom stereocenters. The van der Waals surface area contributed by atoms with Gasteiger partial charge < -0.3 is 19.5 Å². The van der Waals surface area contributed by atoms with Crippen LogP contribution >= 0.6 is 0 Å². The van der Waals surface area contributed by atoms with Gasteiger partial charge in [0.25, 0.3) is 5.91 Å². The SMILES string of the molecule is COc1cc(F)ccc1NC(=O)COc1cccc2c1OC(C)(C)C2. The van der Waals surface area contributed by atoms with Gasteiger partial charge >= 0.3 is 0 Å². The number of carbonyl (C=O) groups excluding carboxylic acids is 1. The Labute approximate surface area is 145 Å². The third kappa shape index (κ3) is 3.84. The van der Waals surface area contributed by atoms with Crippen molar-refractivity contribution >= 4 is 11.6 Å². The van der Waals surface area contributed by atoms with Crippen LogP contribution in [0.1, 0.15) is 19.4 Å². The normalized spacial score (nSPS) is 14.4. The van der Waals surface area contributed by atoms with Gasteiger partial charge in [-0.15, -0.1) is 0 Å². The average molecular weight is 345 g/mol. The lowest BCUT2D eigenvalue weighted by atomic mass is 10.0. The van der Waals surface area contributed by atoms with Crippen LogP contribution in [0.25, 0.3) is 0 Å². The maximum absolute atomic E-state index is 13.2. The van der Waals surface area contributed by atoms with Crippen molar-refractivity contribution in [1.82, 2.24) is 0 Å². The van der Waals surface area contributed by atoms with Crippen molar-refractivity contribution in [2.75, 3.05) is 19.0 Å². The zero-order valence-corrected chi connectivity index (χ0v) is 14.4. The molecule has 132 valence electrons. The van der Waals surface area contributed by atoms with E-state index in [4.69, 9.17) is 14.2 Å². The monoisotopic (exact) mass is 345 g/mol. The van der Waals surface area contributed by atoms with E-state index >= 15 is 0 Å². The number of hydrogen-bond donors (Lipinski definition) is 1. The number of methoxy groups -OCH3 is 1. The Morgan fingerprint density at radius 1 is 1.28 bits per heavy atom. The Balaban J connectivity index is 1.66. The number of para-hydroxylation sites is 1. The predicted octanol–water partition coefficient (Wildman–Crippen LogP) is 3.57. The van der Waals surface area contributed by atoms with Crippen LogP contribution in [-0.2, 0) is 11.2 Å². The van der Waals surface area contributed by atoms with E-state index in [2.05, 4.69) is 5.32 Å². The molecule has 0 saturated carbocycles. The van der Waals surface area contributed by atoms with E-state index in [9.17, 15) is 9.18 Å². The lowest BCUT2D eigenvalue weighted by molar-refractivity contribution is -0.118. The number of anilines is 1. The third-order valence-electron chi connectivity index (χ3n) is 3.85. The van der Waals surface area contributed by atoms with Crippen LogP contribution in [0, 0.1) is 5.82 Å². The second-order valence-electron chi connectivity index (χ2n) is 6.46. The number of halogens is 1. The van der Waals surface area contributed by atoms with Crippen LogP contribution < -0.4 is 19.5 Å². The van der Waals surface area contributed by atoms with Crippen molar-refractivity contribution < 1.29 is 23.4 Å². The van der Waals surface area contributed by atoms with Crippen LogP contribution in [0.2, 0.25) is 0 Å². The number of hydrogen-bond acceptors (Lipinski definition) is 4. The molecular weight excluding hydrogens is 325 g/mol. The van der Waals surface area contributed by atoms with Gasteiger partial charge in [0, 0.05) is 18.1 Å². The van der Waals surface area contributed by atoms with Crippen LogP contribution in [0.5, 0.6) is 17.2 Å². The van der Waals surface area contributed by atoms with Crippen LogP contribution in [-0.4, -0.2) is 25.2 Å². The van der Waals surface area contributed by atoms with E-state index in [1.807, 2.05) is 26.0 Å². The summed E-state index contributed by atoms with van der Waals surface area (Å²) in [6, 6.07) is 9.53. The van der Waals surface area contributed by atoms with Crippen molar-refractivity contribution in [3.05, 3.63) is 47.8 Å². The summed E-state index contributed by atoms with van der Waals surface area (Å²) < 4.78 is 29.8. The molecule has 1 aliphatic heterocycles. The average Bonchev–Trinajstić information content (AvgIpc) is 2.88. The predicted molar refractivity (Wildman–Crippen MR) is 91.9 cm³/mol. The molecule has 0 saturated heterocycles. The van der Waals surface area contributed by atoms with Gasteiger partial charge in [0.1, 0.15) is 17.2 Å². The standard InChI is InChI=1S/C19H20FNO4/c1-19(2)10-12-5-4-6-15(18(12)25-19)24-11-17(22)21-14-8-7-13(20)9-16(14)23-3/h4-9H,10-11H2,1-3H3,(H,21,22). The van der Waals surface area contributed by atoms with Crippen molar-refractivity contribution in [2.24, 2.45) is 0 Å². The first-order valence-electron chi connectivity index (χ1n) is 7.95. The molecule has 1 amide bonds. The topological polar surface area (TPSA) is 56.8 Å². The van der Waals surface area contributed by atoms with Gasteiger partial charge in [-0.05, 0) is 32.0 Å². The van der Waals surface area contributed by atoms with Crippen molar-refractivity contribution in [1.29, 1.82) is 0 Å². The summed E-state index contributed by atoms with van der Waals surface area (Å²) in [5.74, 6) is 0.647. The first-order chi connectivity index (χ1) is 11.9. The lowest BCUT2D eigenvalue weighted by Crippen LogP contribution is -2.25. The van der Waals surface area contributed by atoms with Crippen LogP contribution in [0.15, 0.2) is 36.4 Å². The van der Waals surface area contributed by atoms with E-state index in [-0.39, 0.29) is 23.9 Å². The van der Waals surface area contributed by atoms with Crippen LogP contribution in [0.4, 0.5) is 10.1 Å². The smallest absolute Gasteiger partial charge is 0.262 e. The molecular formula is C19H20FNO4. The molecule has 1 aliphatic rings. The number of benzene rings is 2. The molecule has 0 spiro atoms. The first-order valence-corrected chi connectivity index (χ1v) is 7.95. The summed E-state index contributed by atoms with van der Waals surface area (Å²) in [5, 5.41) is 2.65. The molecule has 1 N–H and O–H groups in total. The van der Waals surface area contributed by atoms with Gasteiger partial charge in [-0.1, -0.05) is 12.1 Å². The molecule has 0 radical (unpaired) electrons. The van der Waals surface area contributed by atoms with Gasteiger partial charge in [-0.25, -0.2) is 4.39 Å². The molecule has 2 aromatic carbocycles. The summed E-state index contributed by atoms with van der Waals surface area (Å²) in [6.07, 6.45) is 0.790. The van der Waals surface area contributed by atoms with Gasteiger partial charge in [-0.3, -0.25) is 4.79 Å². The summed E-state index contributed by atoms with van der Waals surface area (Å²) >= 11 is 0. The Hall–Kier alpha value is -2.76. The second kappa shape index (κ2) is 6.63. The minimum atomic E-state index is -0.439. The first kappa shape index (κ1) is 17.1.